The third-order valence-corrected chi connectivity index (χ3v) is 3.18. The monoisotopic (exact) mass is 340 g/mol. The highest BCUT2D eigenvalue weighted by atomic mass is 79.9. The third-order valence-electron chi connectivity index (χ3n) is 2.28. The lowest BCUT2D eigenvalue weighted by molar-refractivity contribution is 0.628. The standard InChI is InChI=1S/C12H10BrFN4S/c1-6-4-10(11(15)19)18-12(16-6)17-9-5-7(14)2-3-8(9)13/h2-5H,1H3,(H2,15,19)(H,16,17,18). The number of thiocarbonyl (C=S) groups is 1. The number of aryl methyl sites for hydroxylation is 1. The van der Waals surface area contributed by atoms with Gasteiger partial charge in [0, 0.05) is 10.2 Å². The zero-order chi connectivity index (χ0) is 14.0. The quantitative estimate of drug-likeness (QED) is 0.840. The van der Waals surface area contributed by atoms with E-state index in [9.17, 15) is 4.39 Å². The number of rotatable bonds is 3. The number of hydrogen-bond acceptors (Lipinski definition) is 4. The van der Waals surface area contributed by atoms with E-state index < -0.39 is 0 Å². The molecule has 4 nitrogen and oxygen atoms in total. The molecule has 2 aromatic rings. The first-order valence-corrected chi connectivity index (χ1v) is 6.53. The molecule has 98 valence electrons. The Morgan fingerprint density at radius 2 is 2.11 bits per heavy atom. The number of nitrogens with two attached hydrogens (primary N) is 1. The number of nitrogens with zero attached hydrogens (tertiary/aromatic N) is 2. The van der Waals surface area contributed by atoms with Crippen LogP contribution in [0.25, 0.3) is 0 Å². The predicted octanol–water partition coefficient (Wildman–Crippen LogP) is 3.06. The van der Waals surface area contributed by atoms with Crippen LogP contribution in [0.1, 0.15) is 11.4 Å². The fraction of sp³-hybridized carbons (Fsp3) is 0.0833. The summed E-state index contributed by atoms with van der Waals surface area (Å²) < 4.78 is 13.9. The summed E-state index contributed by atoms with van der Waals surface area (Å²) in [6, 6.07) is 5.99. The van der Waals surface area contributed by atoms with Crippen molar-refractivity contribution in [1.82, 2.24) is 9.97 Å². The van der Waals surface area contributed by atoms with Crippen molar-refractivity contribution in [2.75, 3.05) is 5.32 Å². The first-order chi connectivity index (χ1) is 8.95. The molecule has 0 spiro atoms. The van der Waals surface area contributed by atoms with Gasteiger partial charge in [0.15, 0.2) is 0 Å². The Kier molecular flexibility index (Phi) is 4.06. The highest BCUT2D eigenvalue weighted by molar-refractivity contribution is 9.10. The molecule has 0 atom stereocenters. The Balaban J connectivity index is 2.38. The molecule has 0 saturated carbocycles. The normalized spacial score (nSPS) is 10.3. The van der Waals surface area contributed by atoms with E-state index >= 15 is 0 Å². The van der Waals surface area contributed by atoms with Crippen LogP contribution >= 0.6 is 28.1 Å². The fourth-order valence-corrected chi connectivity index (χ4v) is 1.91. The number of hydrogen-bond donors (Lipinski definition) is 2. The van der Waals surface area contributed by atoms with Gasteiger partial charge in [0.1, 0.15) is 16.5 Å². The molecule has 0 radical (unpaired) electrons. The van der Waals surface area contributed by atoms with Gasteiger partial charge < -0.3 is 11.1 Å². The lowest BCUT2D eigenvalue weighted by Crippen LogP contribution is -2.13. The van der Waals surface area contributed by atoms with E-state index in [2.05, 4.69) is 31.2 Å². The third kappa shape index (κ3) is 3.45. The number of nitrogens with one attached hydrogen (secondary N) is 1. The number of anilines is 2. The summed E-state index contributed by atoms with van der Waals surface area (Å²) in [5.41, 5.74) is 7.26. The second kappa shape index (κ2) is 5.58. The zero-order valence-corrected chi connectivity index (χ0v) is 12.3. The van der Waals surface area contributed by atoms with Gasteiger partial charge in [0.2, 0.25) is 5.95 Å². The van der Waals surface area contributed by atoms with Crippen LogP contribution < -0.4 is 11.1 Å². The van der Waals surface area contributed by atoms with Gasteiger partial charge in [-0.1, -0.05) is 12.2 Å². The largest absolute Gasteiger partial charge is 0.388 e. The highest BCUT2D eigenvalue weighted by Crippen LogP contribution is 2.25. The van der Waals surface area contributed by atoms with E-state index in [-0.39, 0.29) is 10.8 Å². The smallest absolute Gasteiger partial charge is 0.228 e. The Morgan fingerprint density at radius 3 is 2.79 bits per heavy atom. The summed E-state index contributed by atoms with van der Waals surface area (Å²) >= 11 is 8.20. The first-order valence-electron chi connectivity index (χ1n) is 5.33. The number of halogens is 2. The molecular formula is C12H10BrFN4S. The molecule has 1 heterocycles. The molecule has 0 amide bonds. The van der Waals surface area contributed by atoms with Crippen molar-refractivity contribution < 1.29 is 4.39 Å². The van der Waals surface area contributed by atoms with Gasteiger partial charge >= 0.3 is 0 Å². The van der Waals surface area contributed by atoms with Gasteiger partial charge in [-0.3, -0.25) is 0 Å². The second-order valence-electron chi connectivity index (χ2n) is 3.83. The second-order valence-corrected chi connectivity index (χ2v) is 5.13. The minimum atomic E-state index is -0.354. The van der Waals surface area contributed by atoms with Gasteiger partial charge in [-0.05, 0) is 47.1 Å². The molecule has 0 fully saturated rings. The Morgan fingerprint density at radius 1 is 1.37 bits per heavy atom. The summed E-state index contributed by atoms with van der Waals surface area (Å²) in [5.74, 6) is -0.0398. The molecule has 7 heteroatoms. The lowest BCUT2D eigenvalue weighted by Gasteiger charge is -2.09. The average molecular weight is 341 g/mol. The summed E-state index contributed by atoms with van der Waals surface area (Å²) in [7, 11) is 0. The van der Waals surface area contributed by atoms with E-state index in [0.717, 1.165) is 0 Å². The van der Waals surface area contributed by atoms with Crippen molar-refractivity contribution in [3.63, 3.8) is 0 Å². The maximum atomic E-state index is 13.2. The molecule has 3 N–H and O–H groups in total. The van der Waals surface area contributed by atoms with Crippen molar-refractivity contribution in [3.05, 3.63) is 45.9 Å². The van der Waals surface area contributed by atoms with E-state index in [1.54, 1.807) is 19.1 Å². The van der Waals surface area contributed by atoms with E-state index in [0.29, 0.717) is 27.5 Å². The first kappa shape index (κ1) is 13.8. The molecule has 0 unspecified atom stereocenters. The van der Waals surface area contributed by atoms with Crippen molar-refractivity contribution >= 4 is 44.8 Å². The Bertz CT molecular complexity index is 648. The maximum absolute atomic E-state index is 13.2. The van der Waals surface area contributed by atoms with Gasteiger partial charge in [0.25, 0.3) is 0 Å². The van der Waals surface area contributed by atoms with Crippen LogP contribution in [0.15, 0.2) is 28.7 Å². The minimum Gasteiger partial charge on any atom is -0.388 e. The SMILES string of the molecule is Cc1cc(C(N)=S)nc(Nc2cc(F)ccc2Br)n1. The molecule has 0 aliphatic heterocycles. The van der Waals surface area contributed by atoms with Gasteiger partial charge in [-0.2, -0.15) is 0 Å². The molecule has 0 aliphatic rings. The zero-order valence-electron chi connectivity index (χ0n) is 9.95. The van der Waals surface area contributed by atoms with Crippen LogP contribution in [0.5, 0.6) is 0 Å². The molecule has 1 aromatic carbocycles. The summed E-state index contributed by atoms with van der Waals surface area (Å²) in [4.78, 5) is 8.56. The summed E-state index contributed by atoms with van der Waals surface area (Å²) in [6.07, 6.45) is 0. The molecule has 19 heavy (non-hydrogen) atoms. The average Bonchev–Trinajstić information content (AvgIpc) is 2.33. The van der Waals surface area contributed by atoms with Crippen LogP contribution in [0.2, 0.25) is 0 Å². The Labute approximate surface area is 123 Å². The summed E-state index contributed by atoms with van der Waals surface area (Å²) in [6.45, 7) is 1.80. The molecule has 0 aliphatic carbocycles. The summed E-state index contributed by atoms with van der Waals surface area (Å²) in [5, 5.41) is 2.92. The van der Waals surface area contributed by atoms with Crippen molar-refractivity contribution in [2.24, 2.45) is 5.73 Å². The molecular weight excluding hydrogens is 331 g/mol. The number of benzene rings is 1. The highest BCUT2D eigenvalue weighted by Gasteiger charge is 2.07. The van der Waals surface area contributed by atoms with Crippen molar-refractivity contribution in [1.29, 1.82) is 0 Å². The van der Waals surface area contributed by atoms with Crippen LogP contribution in [0.3, 0.4) is 0 Å². The predicted molar refractivity (Wildman–Crippen MR) is 80.0 cm³/mol. The molecule has 1 aromatic heterocycles. The van der Waals surface area contributed by atoms with Crippen LogP contribution in [-0.2, 0) is 0 Å². The van der Waals surface area contributed by atoms with Gasteiger partial charge in [-0.25, -0.2) is 14.4 Å². The van der Waals surface area contributed by atoms with Crippen molar-refractivity contribution in [3.8, 4) is 0 Å². The van der Waals surface area contributed by atoms with Crippen LogP contribution in [-0.4, -0.2) is 15.0 Å². The van der Waals surface area contributed by atoms with E-state index in [1.807, 2.05) is 0 Å². The van der Waals surface area contributed by atoms with E-state index in [4.69, 9.17) is 18.0 Å². The minimum absolute atomic E-state index is 0.187. The van der Waals surface area contributed by atoms with Crippen LogP contribution in [0.4, 0.5) is 16.0 Å². The topological polar surface area (TPSA) is 63.8 Å². The van der Waals surface area contributed by atoms with E-state index in [1.165, 1.54) is 12.1 Å². The lowest BCUT2D eigenvalue weighted by atomic mass is 10.3. The van der Waals surface area contributed by atoms with Gasteiger partial charge in [0.05, 0.1) is 5.69 Å². The maximum Gasteiger partial charge on any atom is 0.228 e. The molecule has 0 bridgehead atoms. The molecule has 2 rings (SSSR count). The molecule has 0 saturated heterocycles. The fourth-order valence-electron chi connectivity index (χ4n) is 1.46. The van der Waals surface area contributed by atoms with Crippen molar-refractivity contribution in [2.45, 2.75) is 6.92 Å². The number of aromatic nitrogens is 2. The Hall–Kier alpha value is -1.60. The van der Waals surface area contributed by atoms with Gasteiger partial charge in [-0.15, -0.1) is 0 Å². The van der Waals surface area contributed by atoms with Crippen LogP contribution in [0, 0.1) is 12.7 Å².